The molecule has 0 spiro atoms. The topological polar surface area (TPSA) is 56.5 Å². The van der Waals surface area contributed by atoms with Gasteiger partial charge in [0.05, 0.1) is 12.2 Å². The number of aryl methyl sites for hydroxylation is 1. The van der Waals surface area contributed by atoms with E-state index in [-0.39, 0.29) is 0 Å². The molecule has 0 N–H and O–H groups in total. The Morgan fingerprint density at radius 3 is 2.87 bits per heavy atom. The van der Waals surface area contributed by atoms with Gasteiger partial charge in [-0.15, -0.1) is 0 Å². The van der Waals surface area contributed by atoms with Gasteiger partial charge in [-0.05, 0) is 49.7 Å². The minimum absolute atomic E-state index is 0.558. The van der Waals surface area contributed by atoms with Crippen molar-refractivity contribution in [2.75, 3.05) is 0 Å². The molecule has 0 unspecified atom stereocenters. The molecule has 116 valence electrons. The first kappa shape index (κ1) is 14.4. The Labute approximate surface area is 139 Å². The summed E-state index contributed by atoms with van der Waals surface area (Å²) >= 11 is 1.59. The largest absolute Gasteiger partial charge is 0.320 e. The zero-order valence-corrected chi connectivity index (χ0v) is 13.7. The van der Waals surface area contributed by atoms with Crippen molar-refractivity contribution in [1.82, 2.24) is 24.5 Å². The lowest BCUT2D eigenvalue weighted by atomic mass is 10.3. The highest BCUT2D eigenvalue weighted by Gasteiger charge is 2.27. The smallest absolute Gasteiger partial charge is 0.174 e. The van der Waals surface area contributed by atoms with Crippen LogP contribution in [0.2, 0.25) is 0 Å². The number of hydrogen-bond donors (Lipinski definition) is 0. The Bertz CT molecular complexity index is 811. The van der Waals surface area contributed by atoms with Crippen molar-refractivity contribution in [3.05, 3.63) is 60.1 Å². The normalized spacial score (nSPS) is 14.1. The van der Waals surface area contributed by atoms with Crippen molar-refractivity contribution < 1.29 is 0 Å². The molecule has 3 aromatic rings. The molecule has 0 radical (unpaired) electrons. The monoisotopic (exact) mass is 323 g/mol. The van der Waals surface area contributed by atoms with Gasteiger partial charge in [-0.25, -0.2) is 15.0 Å². The molecule has 0 atom stereocenters. The van der Waals surface area contributed by atoms with Crippen LogP contribution >= 0.6 is 11.8 Å². The second kappa shape index (κ2) is 6.12. The van der Waals surface area contributed by atoms with Gasteiger partial charge in [0.25, 0.3) is 0 Å². The number of aromatic nitrogens is 5. The van der Waals surface area contributed by atoms with Crippen LogP contribution in [0.4, 0.5) is 0 Å². The molecular weight excluding hydrogens is 306 g/mol. The Morgan fingerprint density at radius 1 is 1.17 bits per heavy atom. The molecule has 5 nitrogen and oxygen atoms in total. The SMILES string of the molecule is Cc1cc(Sc2nccn2Cc2ccccn2)nc(C2CC2)n1. The summed E-state index contributed by atoms with van der Waals surface area (Å²) in [6.07, 6.45) is 8.03. The highest BCUT2D eigenvalue weighted by atomic mass is 32.2. The zero-order chi connectivity index (χ0) is 15.6. The van der Waals surface area contributed by atoms with E-state index in [4.69, 9.17) is 4.98 Å². The number of hydrogen-bond acceptors (Lipinski definition) is 5. The van der Waals surface area contributed by atoms with E-state index in [1.54, 1.807) is 11.8 Å². The van der Waals surface area contributed by atoms with E-state index in [0.717, 1.165) is 27.4 Å². The lowest BCUT2D eigenvalue weighted by Crippen LogP contribution is -2.02. The molecule has 6 heteroatoms. The Kier molecular flexibility index (Phi) is 3.83. The van der Waals surface area contributed by atoms with Crippen LogP contribution in [0.15, 0.2) is 53.0 Å². The van der Waals surface area contributed by atoms with Crippen molar-refractivity contribution in [2.45, 2.75) is 42.4 Å². The van der Waals surface area contributed by atoms with Crippen LogP contribution in [0.3, 0.4) is 0 Å². The third-order valence-corrected chi connectivity index (χ3v) is 4.66. The minimum Gasteiger partial charge on any atom is -0.320 e. The van der Waals surface area contributed by atoms with Crippen LogP contribution in [0.25, 0.3) is 0 Å². The first-order valence-corrected chi connectivity index (χ1v) is 8.54. The van der Waals surface area contributed by atoms with Gasteiger partial charge < -0.3 is 4.57 Å². The number of nitrogens with zero attached hydrogens (tertiary/aromatic N) is 5. The molecule has 1 fully saturated rings. The van der Waals surface area contributed by atoms with Gasteiger partial charge in [0, 0.05) is 30.2 Å². The summed E-state index contributed by atoms with van der Waals surface area (Å²) in [5.41, 5.74) is 2.04. The maximum Gasteiger partial charge on any atom is 0.174 e. The van der Waals surface area contributed by atoms with Gasteiger partial charge >= 0.3 is 0 Å². The van der Waals surface area contributed by atoms with E-state index >= 15 is 0 Å². The average molecular weight is 323 g/mol. The molecule has 0 amide bonds. The molecule has 0 bridgehead atoms. The maximum atomic E-state index is 4.70. The van der Waals surface area contributed by atoms with E-state index in [9.17, 15) is 0 Å². The van der Waals surface area contributed by atoms with Crippen molar-refractivity contribution in [2.24, 2.45) is 0 Å². The van der Waals surface area contributed by atoms with Crippen LogP contribution in [-0.4, -0.2) is 24.5 Å². The lowest BCUT2D eigenvalue weighted by molar-refractivity contribution is 0.692. The highest BCUT2D eigenvalue weighted by Crippen LogP contribution is 2.39. The molecule has 0 aliphatic heterocycles. The molecule has 23 heavy (non-hydrogen) atoms. The molecule has 3 aromatic heterocycles. The van der Waals surface area contributed by atoms with Crippen LogP contribution in [0.5, 0.6) is 0 Å². The van der Waals surface area contributed by atoms with E-state index in [2.05, 4.69) is 19.5 Å². The fourth-order valence-electron chi connectivity index (χ4n) is 2.42. The van der Waals surface area contributed by atoms with Crippen molar-refractivity contribution >= 4 is 11.8 Å². The minimum atomic E-state index is 0.558. The molecule has 3 heterocycles. The average Bonchev–Trinajstić information content (AvgIpc) is 3.32. The van der Waals surface area contributed by atoms with Crippen molar-refractivity contribution in [3.8, 4) is 0 Å². The molecule has 4 rings (SSSR count). The molecule has 1 aliphatic rings. The molecular formula is C17H17N5S. The lowest BCUT2D eigenvalue weighted by Gasteiger charge is -2.08. The van der Waals surface area contributed by atoms with Crippen LogP contribution < -0.4 is 0 Å². The van der Waals surface area contributed by atoms with E-state index in [1.165, 1.54) is 12.8 Å². The van der Waals surface area contributed by atoms with Gasteiger partial charge in [0.2, 0.25) is 0 Å². The molecule has 1 aliphatic carbocycles. The van der Waals surface area contributed by atoms with E-state index in [0.29, 0.717) is 12.5 Å². The second-order valence-electron chi connectivity index (χ2n) is 5.74. The summed E-state index contributed by atoms with van der Waals surface area (Å²) in [7, 11) is 0. The van der Waals surface area contributed by atoms with Crippen LogP contribution in [0.1, 0.15) is 36.0 Å². The van der Waals surface area contributed by atoms with Gasteiger partial charge in [0.15, 0.2) is 5.16 Å². The van der Waals surface area contributed by atoms with E-state index < -0.39 is 0 Å². The first-order chi connectivity index (χ1) is 11.3. The van der Waals surface area contributed by atoms with Crippen molar-refractivity contribution in [3.63, 3.8) is 0 Å². The Balaban J connectivity index is 1.57. The maximum absolute atomic E-state index is 4.70. The Morgan fingerprint density at radius 2 is 2.09 bits per heavy atom. The Hall–Kier alpha value is -2.21. The molecule has 1 saturated carbocycles. The van der Waals surface area contributed by atoms with Gasteiger partial charge in [-0.3, -0.25) is 4.98 Å². The summed E-state index contributed by atoms with van der Waals surface area (Å²) in [6, 6.07) is 7.97. The summed E-state index contributed by atoms with van der Waals surface area (Å²) in [5, 5.41) is 1.89. The van der Waals surface area contributed by atoms with Gasteiger partial charge in [-0.1, -0.05) is 6.07 Å². The van der Waals surface area contributed by atoms with Gasteiger partial charge in [-0.2, -0.15) is 0 Å². The number of pyridine rings is 1. The second-order valence-corrected chi connectivity index (χ2v) is 6.73. The summed E-state index contributed by atoms with van der Waals surface area (Å²) < 4.78 is 2.10. The first-order valence-electron chi connectivity index (χ1n) is 7.72. The number of imidazole rings is 1. The predicted octanol–water partition coefficient (Wildman–Crippen LogP) is 3.45. The van der Waals surface area contributed by atoms with E-state index in [1.807, 2.05) is 49.8 Å². The van der Waals surface area contributed by atoms with Crippen molar-refractivity contribution in [1.29, 1.82) is 0 Å². The third-order valence-electron chi connectivity index (χ3n) is 3.72. The zero-order valence-electron chi connectivity index (χ0n) is 12.9. The summed E-state index contributed by atoms with van der Waals surface area (Å²) in [6.45, 7) is 2.74. The summed E-state index contributed by atoms with van der Waals surface area (Å²) in [5.74, 6) is 1.54. The summed E-state index contributed by atoms with van der Waals surface area (Å²) in [4.78, 5) is 18.1. The van der Waals surface area contributed by atoms with Crippen LogP contribution in [0, 0.1) is 6.92 Å². The molecule has 0 aromatic carbocycles. The number of rotatable bonds is 5. The quantitative estimate of drug-likeness (QED) is 0.673. The highest BCUT2D eigenvalue weighted by molar-refractivity contribution is 7.99. The molecule has 0 saturated heterocycles. The fraction of sp³-hybridized carbons (Fsp3) is 0.294. The fourth-order valence-corrected chi connectivity index (χ4v) is 3.33. The van der Waals surface area contributed by atoms with Crippen LogP contribution in [-0.2, 0) is 6.54 Å². The standard InChI is InChI=1S/C17H17N5S/c1-12-10-15(21-16(20-12)13-5-6-13)23-17-19-8-9-22(17)11-14-4-2-3-7-18-14/h2-4,7-10,13H,5-6,11H2,1H3. The van der Waals surface area contributed by atoms with Gasteiger partial charge in [0.1, 0.15) is 10.9 Å². The third kappa shape index (κ3) is 3.42. The predicted molar refractivity (Wildman–Crippen MR) is 88.4 cm³/mol.